The van der Waals surface area contributed by atoms with E-state index >= 15 is 0 Å². The van der Waals surface area contributed by atoms with E-state index in [1.165, 1.54) is 4.90 Å². The first kappa shape index (κ1) is 14.1. The van der Waals surface area contributed by atoms with Crippen molar-refractivity contribution in [1.29, 1.82) is 0 Å². The molecule has 2 aliphatic heterocycles. The summed E-state index contributed by atoms with van der Waals surface area (Å²) < 4.78 is 31.3. The molecular formula is C10H17N3O5S. The molecule has 1 atom stereocenters. The van der Waals surface area contributed by atoms with Crippen LogP contribution in [-0.2, 0) is 19.7 Å². The van der Waals surface area contributed by atoms with Crippen LogP contribution in [0.25, 0.3) is 0 Å². The third-order valence-corrected chi connectivity index (χ3v) is 4.34. The molecule has 2 rings (SSSR count). The zero-order valence-electron chi connectivity index (χ0n) is 11.0. The molecule has 0 bridgehead atoms. The van der Waals surface area contributed by atoms with Crippen molar-refractivity contribution in [2.75, 3.05) is 19.6 Å². The fourth-order valence-corrected chi connectivity index (χ4v) is 3.34. The molecule has 0 spiro atoms. The van der Waals surface area contributed by atoms with E-state index in [1.54, 1.807) is 20.8 Å². The maximum Gasteiger partial charge on any atom is 0.410 e. The molecule has 2 amide bonds. The lowest BCUT2D eigenvalue weighted by atomic mass is 10.2. The predicted octanol–water partition coefficient (Wildman–Crippen LogP) is -0.718. The Morgan fingerprint density at radius 3 is 2.58 bits per heavy atom. The maximum atomic E-state index is 11.9. The Morgan fingerprint density at radius 1 is 1.37 bits per heavy atom. The first-order valence-electron chi connectivity index (χ1n) is 5.91. The molecule has 2 aliphatic rings. The number of nitrogens with zero attached hydrogens (tertiary/aromatic N) is 2. The van der Waals surface area contributed by atoms with Gasteiger partial charge in [-0.2, -0.15) is 12.7 Å². The van der Waals surface area contributed by atoms with Gasteiger partial charge in [-0.25, -0.2) is 9.52 Å². The van der Waals surface area contributed by atoms with E-state index in [0.29, 0.717) is 0 Å². The van der Waals surface area contributed by atoms with Crippen LogP contribution >= 0.6 is 0 Å². The van der Waals surface area contributed by atoms with E-state index in [9.17, 15) is 18.0 Å². The second-order valence-electron chi connectivity index (χ2n) is 5.52. The van der Waals surface area contributed by atoms with Crippen LogP contribution in [0.5, 0.6) is 0 Å². The lowest BCUT2D eigenvalue weighted by Gasteiger charge is -2.35. The zero-order valence-corrected chi connectivity index (χ0v) is 11.9. The quantitative estimate of drug-likeness (QED) is 0.635. The molecule has 0 aromatic rings. The molecule has 2 heterocycles. The normalized spacial score (nSPS) is 26.8. The highest BCUT2D eigenvalue weighted by molar-refractivity contribution is 7.88. The summed E-state index contributed by atoms with van der Waals surface area (Å²) in [6, 6.07) is -0.855. The van der Waals surface area contributed by atoms with Crippen molar-refractivity contribution in [1.82, 2.24) is 13.9 Å². The standard InChI is InChI=1S/C10H17N3O5S/c1-10(2,3)18-9(15)12-4-5-13-7(6-12)8(14)11-19(13,16)17/h7H,4-6H2,1-3H3,(H,11,14)/t7-/m0/s1. The molecule has 0 saturated carbocycles. The van der Waals surface area contributed by atoms with Crippen molar-refractivity contribution in [3.8, 4) is 0 Å². The molecule has 0 radical (unpaired) electrons. The van der Waals surface area contributed by atoms with Crippen LogP contribution in [0.2, 0.25) is 0 Å². The van der Waals surface area contributed by atoms with Crippen molar-refractivity contribution in [2.45, 2.75) is 32.4 Å². The summed E-state index contributed by atoms with van der Waals surface area (Å²) in [4.78, 5) is 24.8. The molecule has 0 aliphatic carbocycles. The van der Waals surface area contributed by atoms with Gasteiger partial charge in [0.1, 0.15) is 11.6 Å². The smallest absolute Gasteiger partial charge is 0.410 e. The highest BCUT2D eigenvalue weighted by Crippen LogP contribution is 2.21. The average Bonchev–Trinajstić information content (AvgIpc) is 2.47. The molecule has 9 heteroatoms. The van der Waals surface area contributed by atoms with Gasteiger partial charge < -0.3 is 9.64 Å². The molecule has 1 N–H and O–H groups in total. The van der Waals surface area contributed by atoms with Crippen LogP contribution < -0.4 is 4.72 Å². The van der Waals surface area contributed by atoms with Crippen LogP contribution in [0.1, 0.15) is 20.8 Å². The van der Waals surface area contributed by atoms with Crippen LogP contribution in [-0.4, -0.2) is 60.9 Å². The van der Waals surface area contributed by atoms with Gasteiger partial charge >= 0.3 is 16.3 Å². The van der Waals surface area contributed by atoms with Gasteiger partial charge in [0, 0.05) is 19.6 Å². The van der Waals surface area contributed by atoms with Gasteiger partial charge in [-0.05, 0) is 20.8 Å². The van der Waals surface area contributed by atoms with Crippen LogP contribution in [0.15, 0.2) is 0 Å². The molecule has 0 aromatic heterocycles. The van der Waals surface area contributed by atoms with Crippen molar-refractivity contribution < 1.29 is 22.7 Å². The second kappa shape index (κ2) is 4.34. The third kappa shape index (κ3) is 2.81. The summed E-state index contributed by atoms with van der Waals surface area (Å²) in [7, 11) is -3.73. The number of hydrogen-bond acceptors (Lipinski definition) is 5. The summed E-state index contributed by atoms with van der Waals surface area (Å²) in [6.45, 7) is 5.54. The minimum Gasteiger partial charge on any atom is -0.444 e. The van der Waals surface area contributed by atoms with Crippen LogP contribution in [0, 0.1) is 0 Å². The summed E-state index contributed by atoms with van der Waals surface area (Å²) >= 11 is 0. The first-order chi connectivity index (χ1) is 8.60. The molecule has 19 heavy (non-hydrogen) atoms. The van der Waals surface area contributed by atoms with Gasteiger partial charge in [-0.1, -0.05) is 0 Å². The van der Waals surface area contributed by atoms with E-state index in [2.05, 4.69) is 0 Å². The largest absolute Gasteiger partial charge is 0.444 e. The Bertz CT molecular complexity index is 510. The van der Waals surface area contributed by atoms with Gasteiger partial charge in [0.2, 0.25) is 0 Å². The van der Waals surface area contributed by atoms with Crippen molar-refractivity contribution in [3.05, 3.63) is 0 Å². The summed E-state index contributed by atoms with van der Waals surface area (Å²) in [6.07, 6.45) is -0.538. The van der Waals surface area contributed by atoms with E-state index in [0.717, 1.165) is 4.31 Å². The van der Waals surface area contributed by atoms with Gasteiger partial charge in [0.25, 0.3) is 5.91 Å². The highest BCUT2D eigenvalue weighted by Gasteiger charge is 2.48. The molecule has 0 aromatic carbocycles. The fraction of sp³-hybridized carbons (Fsp3) is 0.800. The minimum atomic E-state index is -3.73. The summed E-state index contributed by atoms with van der Waals surface area (Å²) in [5, 5.41) is 0. The number of amides is 2. The van der Waals surface area contributed by atoms with Crippen molar-refractivity contribution in [2.24, 2.45) is 0 Å². The molecule has 108 valence electrons. The molecular weight excluding hydrogens is 274 g/mol. The first-order valence-corrected chi connectivity index (χ1v) is 7.35. The van der Waals surface area contributed by atoms with Crippen molar-refractivity contribution in [3.63, 3.8) is 0 Å². The lowest BCUT2D eigenvalue weighted by Crippen LogP contribution is -2.55. The monoisotopic (exact) mass is 291 g/mol. The highest BCUT2D eigenvalue weighted by atomic mass is 32.2. The van der Waals surface area contributed by atoms with E-state index in [1.807, 2.05) is 4.72 Å². The Kier molecular flexibility index (Phi) is 3.21. The number of nitrogens with one attached hydrogen (secondary N) is 1. The van der Waals surface area contributed by atoms with E-state index < -0.39 is 33.9 Å². The molecule has 2 fully saturated rings. The van der Waals surface area contributed by atoms with Gasteiger partial charge in [0.15, 0.2) is 0 Å². The van der Waals surface area contributed by atoms with Gasteiger partial charge in [0.05, 0.1) is 0 Å². The zero-order chi connectivity index (χ0) is 14.4. The van der Waals surface area contributed by atoms with Crippen molar-refractivity contribution >= 4 is 22.2 Å². The average molecular weight is 291 g/mol. The SMILES string of the molecule is CC(C)(C)OC(=O)N1CCN2[C@@H](C1)C(=O)NS2(=O)=O. The molecule has 0 unspecified atom stereocenters. The number of carbonyl (C=O) groups is 2. The number of fused-ring (bicyclic) bond motifs is 1. The number of carbonyl (C=O) groups excluding carboxylic acids is 2. The number of ether oxygens (including phenoxy) is 1. The lowest BCUT2D eigenvalue weighted by molar-refractivity contribution is -0.122. The second-order valence-corrected chi connectivity index (χ2v) is 7.15. The summed E-state index contributed by atoms with van der Waals surface area (Å²) in [5.74, 6) is -0.603. The van der Waals surface area contributed by atoms with E-state index in [-0.39, 0.29) is 19.6 Å². The Hall–Kier alpha value is -1.35. The Balaban J connectivity index is 2.07. The summed E-state index contributed by atoms with van der Waals surface area (Å²) in [5.41, 5.74) is -0.627. The topological polar surface area (TPSA) is 96.0 Å². The Labute approximate surface area is 111 Å². The Morgan fingerprint density at radius 2 is 2.00 bits per heavy atom. The third-order valence-electron chi connectivity index (χ3n) is 2.82. The maximum absolute atomic E-state index is 11.9. The number of hydrogen-bond donors (Lipinski definition) is 1. The van der Waals surface area contributed by atoms with Gasteiger partial charge in [-0.15, -0.1) is 0 Å². The van der Waals surface area contributed by atoms with Gasteiger partial charge in [-0.3, -0.25) is 4.79 Å². The predicted molar refractivity (Wildman–Crippen MR) is 65.4 cm³/mol. The van der Waals surface area contributed by atoms with Crippen LogP contribution in [0.4, 0.5) is 4.79 Å². The number of piperazine rings is 1. The number of rotatable bonds is 0. The molecule has 8 nitrogen and oxygen atoms in total. The van der Waals surface area contributed by atoms with E-state index in [4.69, 9.17) is 4.74 Å². The minimum absolute atomic E-state index is 0.0139. The van der Waals surface area contributed by atoms with Crippen LogP contribution in [0.3, 0.4) is 0 Å². The fourth-order valence-electron chi connectivity index (χ4n) is 2.01. The molecule has 2 saturated heterocycles.